The molecule has 1 saturated carbocycles. The number of benzene rings is 6. The van der Waals surface area contributed by atoms with Gasteiger partial charge >= 0.3 is 5.97 Å². The molecule has 5 aromatic carbocycles. The summed E-state index contributed by atoms with van der Waals surface area (Å²) in [4.78, 5) is 27.8. The van der Waals surface area contributed by atoms with Gasteiger partial charge in [0.15, 0.2) is 28.1 Å². The highest BCUT2D eigenvalue weighted by atomic mass is 32.1. The van der Waals surface area contributed by atoms with Gasteiger partial charge in [0.1, 0.15) is 17.1 Å². The Bertz CT molecular complexity index is 3490. The molecule has 6 N–H and O–H groups in total. The van der Waals surface area contributed by atoms with E-state index in [-0.39, 0.29) is 39.4 Å². The second kappa shape index (κ2) is 14.4. The number of aromatic hydroxyl groups is 2. The van der Waals surface area contributed by atoms with E-state index in [0.29, 0.717) is 58.0 Å². The molecule has 0 radical (unpaired) electrons. The molecule has 2 bridgehead atoms. The number of phenolic OH excluding ortho intramolecular Hbond substituents is 2. The summed E-state index contributed by atoms with van der Waals surface area (Å²) in [5.41, 5.74) is 7.22. The fourth-order valence-corrected chi connectivity index (χ4v) is 12.6. The summed E-state index contributed by atoms with van der Waals surface area (Å²) >= 11 is 5.81. The van der Waals surface area contributed by atoms with Crippen LogP contribution in [0.1, 0.15) is 63.7 Å². The minimum atomic E-state index is -1.16. The van der Waals surface area contributed by atoms with Crippen LogP contribution < -0.4 is 20.8 Å². The van der Waals surface area contributed by atoms with Crippen LogP contribution in [0.3, 0.4) is 0 Å². The normalized spacial score (nSPS) is 22.3. The maximum absolute atomic E-state index is 13.5. The maximum atomic E-state index is 13.5. The molecule has 334 valence electrons. The summed E-state index contributed by atoms with van der Waals surface area (Å²) in [6.07, 6.45) is 3.92. The van der Waals surface area contributed by atoms with Crippen LogP contribution in [0.25, 0.3) is 44.3 Å². The van der Waals surface area contributed by atoms with Crippen molar-refractivity contribution in [2.24, 2.45) is 5.92 Å². The average Bonchev–Trinajstić information content (AvgIpc) is 3.99. The van der Waals surface area contributed by atoms with Gasteiger partial charge in [0, 0.05) is 82.0 Å². The minimum Gasteiger partial charge on any atom is -0.508 e. The standard InChI is InChI=1S/C54H44N4O8S/c59-33-12-15-37-43(23-33)65-44-24-34(60)13-16-38(44)46(37)36-14-11-32(22-39(36)51(62)63)56-52(67)55-31-5-3-4-29(20-31)27-58-41-7-2-1-6-35(41)40-25-54(64)45-21-30-10-17-42(61)49-47(30)53(54,50(66-49)48(40)58)18-19-57(45)26-28-8-9-28/h1-7,10-17,20,22-24,28,45,50,59,61,64H,8-9,18-19,21,25-27H2,(H,62,63)(H2,55,56,67)/t45-,50-,53-,54+/m0/s1. The Labute approximate surface area is 389 Å². The number of aromatic nitrogens is 1. The highest BCUT2D eigenvalue weighted by Crippen LogP contribution is 2.69. The predicted octanol–water partition coefficient (Wildman–Crippen LogP) is 9.19. The quantitative estimate of drug-likeness (QED) is 0.0633. The van der Waals surface area contributed by atoms with Gasteiger partial charge in [-0.15, -0.1) is 0 Å². The summed E-state index contributed by atoms with van der Waals surface area (Å²) < 4.78 is 15.4. The van der Waals surface area contributed by atoms with E-state index in [1.165, 1.54) is 43.2 Å². The highest BCUT2D eigenvalue weighted by molar-refractivity contribution is 7.80. The molecule has 2 fully saturated rings. The zero-order chi connectivity index (χ0) is 45.5. The summed E-state index contributed by atoms with van der Waals surface area (Å²) in [7, 11) is 0. The molecule has 3 aliphatic heterocycles. The van der Waals surface area contributed by atoms with Crippen LogP contribution in [0.15, 0.2) is 124 Å². The topological polar surface area (TPSA) is 170 Å². The first-order valence-corrected chi connectivity index (χ1v) is 23.2. The first kappa shape index (κ1) is 40.1. The Balaban J connectivity index is 0.820. The number of ether oxygens (including phenoxy) is 1. The number of piperidine rings is 1. The Morgan fingerprint density at radius 2 is 1.69 bits per heavy atom. The fourth-order valence-electron chi connectivity index (χ4n) is 12.4. The van der Waals surface area contributed by atoms with Gasteiger partial charge in [0.05, 0.1) is 22.3 Å². The van der Waals surface area contributed by atoms with Crippen LogP contribution in [-0.4, -0.2) is 65.7 Å². The number of hydrogen-bond acceptors (Lipinski definition) is 9. The molecule has 1 saturated heterocycles. The number of para-hydroxylation sites is 1. The smallest absolute Gasteiger partial charge is 0.336 e. The van der Waals surface area contributed by atoms with Crippen molar-refractivity contribution in [2.45, 2.75) is 61.8 Å². The Hall–Kier alpha value is -7.19. The van der Waals surface area contributed by atoms with E-state index in [9.17, 15) is 30.0 Å². The van der Waals surface area contributed by atoms with Gasteiger partial charge in [-0.05, 0) is 133 Å². The number of aromatic carboxylic acids is 1. The molecule has 4 heterocycles. The molecule has 6 aromatic rings. The van der Waals surface area contributed by atoms with Gasteiger partial charge in [-0.1, -0.05) is 42.5 Å². The summed E-state index contributed by atoms with van der Waals surface area (Å²) in [5.74, 6) is 0.380. The Morgan fingerprint density at radius 1 is 0.866 bits per heavy atom. The lowest BCUT2D eigenvalue weighted by Gasteiger charge is -2.63. The number of likely N-dealkylation sites (tertiary alicyclic amines) is 1. The zero-order valence-corrected chi connectivity index (χ0v) is 36.9. The predicted molar refractivity (Wildman–Crippen MR) is 259 cm³/mol. The van der Waals surface area contributed by atoms with Crippen molar-refractivity contribution in [2.75, 3.05) is 23.7 Å². The molecule has 7 aliphatic rings. The number of carboxylic acid groups (broad SMARTS) is 1. The molecule has 1 spiro atoms. The Kier molecular flexibility index (Phi) is 8.62. The number of nitrogens with zero attached hydrogens (tertiary/aromatic N) is 2. The van der Waals surface area contributed by atoms with E-state index in [1.807, 2.05) is 30.3 Å². The number of rotatable bonds is 8. The first-order valence-electron chi connectivity index (χ1n) is 22.8. The number of carboxylic acids is 1. The largest absolute Gasteiger partial charge is 0.508 e. The third kappa shape index (κ3) is 5.94. The van der Waals surface area contributed by atoms with E-state index in [2.05, 4.69) is 44.4 Å². The molecule has 12 nitrogen and oxygen atoms in total. The first-order chi connectivity index (χ1) is 32.5. The SMILES string of the molecule is O=C(O)c1cc(NC(=S)Nc2cccc(Cn3c4c(c5ccccc53)C[C@@]3(O)[C@@H]5Cc6ccc(O)c7c6[C@@]3(CCN5CC3CC3)[C@H]4O7)c2)ccc1-c1c2ccc(=O)cc-2oc2cc(O)ccc12. The van der Waals surface area contributed by atoms with Crippen molar-refractivity contribution in [1.29, 1.82) is 0 Å². The maximum Gasteiger partial charge on any atom is 0.336 e. The van der Waals surface area contributed by atoms with Crippen molar-refractivity contribution >= 4 is 56.5 Å². The van der Waals surface area contributed by atoms with Gasteiger partial charge in [0.2, 0.25) is 0 Å². The monoisotopic (exact) mass is 908 g/mol. The van der Waals surface area contributed by atoms with Gasteiger partial charge < -0.3 is 44.8 Å². The number of phenols is 2. The van der Waals surface area contributed by atoms with Gasteiger partial charge in [-0.2, -0.15) is 0 Å². The van der Waals surface area contributed by atoms with Gasteiger partial charge in [0.25, 0.3) is 0 Å². The summed E-state index contributed by atoms with van der Waals surface area (Å²) in [6.45, 7) is 2.37. The van der Waals surface area contributed by atoms with E-state index in [4.69, 9.17) is 21.4 Å². The van der Waals surface area contributed by atoms with Crippen LogP contribution in [0.2, 0.25) is 0 Å². The fraction of sp³-hybridized carbons (Fsp3) is 0.241. The second-order valence-electron chi connectivity index (χ2n) is 19.1. The molecule has 67 heavy (non-hydrogen) atoms. The van der Waals surface area contributed by atoms with Gasteiger partial charge in [-0.25, -0.2) is 4.79 Å². The molecular formula is C54H44N4O8S. The third-order valence-corrected chi connectivity index (χ3v) is 15.5. The Morgan fingerprint density at radius 3 is 2.52 bits per heavy atom. The number of anilines is 2. The van der Waals surface area contributed by atoms with Crippen molar-refractivity contribution in [3.63, 3.8) is 0 Å². The number of hydrogen-bond donors (Lipinski definition) is 6. The van der Waals surface area contributed by atoms with Crippen molar-refractivity contribution in [3.05, 3.63) is 159 Å². The van der Waals surface area contributed by atoms with E-state index >= 15 is 0 Å². The molecule has 13 rings (SSSR count). The lowest BCUT2D eigenvalue weighted by atomic mass is 9.49. The zero-order valence-electron chi connectivity index (χ0n) is 36.1. The molecular weight excluding hydrogens is 865 g/mol. The van der Waals surface area contributed by atoms with Crippen LogP contribution in [0, 0.1) is 5.92 Å². The van der Waals surface area contributed by atoms with E-state index in [0.717, 1.165) is 70.5 Å². The van der Waals surface area contributed by atoms with Crippen molar-refractivity contribution < 1.29 is 34.4 Å². The van der Waals surface area contributed by atoms with Crippen molar-refractivity contribution in [1.82, 2.24) is 9.47 Å². The molecule has 13 heteroatoms. The van der Waals surface area contributed by atoms with Crippen LogP contribution in [0.4, 0.5) is 11.4 Å². The molecule has 4 atom stereocenters. The molecule has 4 aliphatic carbocycles. The van der Waals surface area contributed by atoms with E-state index < -0.39 is 23.1 Å². The number of aliphatic hydroxyl groups is 1. The van der Waals surface area contributed by atoms with Gasteiger partial charge in [-0.3, -0.25) is 9.69 Å². The molecule has 0 unspecified atom stereocenters. The number of thiocarbonyl (C=S) groups is 1. The average molecular weight is 909 g/mol. The number of nitrogens with one attached hydrogen (secondary N) is 2. The lowest BCUT2D eigenvalue weighted by molar-refractivity contribution is -0.173. The third-order valence-electron chi connectivity index (χ3n) is 15.3. The highest BCUT2D eigenvalue weighted by Gasteiger charge is 2.73. The summed E-state index contributed by atoms with van der Waals surface area (Å²) in [6, 6.07) is 34.1. The van der Waals surface area contributed by atoms with E-state index in [1.54, 1.807) is 30.3 Å². The van der Waals surface area contributed by atoms with Crippen LogP contribution >= 0.6 is 12.2 Å². The molecule has 0 amide bonds. The van der Waals surface area contributed by atoms with Crippen LogP contribution in [-0.2, 0) is 24.8 Å². The lowest BCUT2D eigenvalue weighted by Crippen LogP contribution is -2.74. The van der Waals surface area contributed by atoms with Crippen molar-refractivity contribution in [3.8, 4) is 39.7 Å². The summed E-state index contributed by atoms with van der Waals surface area (Å²) in [5, 5.41) is 53.9. The number of fused-ring (bicyclic) bond motifs is 6. The molecule has 1 aromatic heterocycles. The second-order valence-corrected chi connectivity index (χ2v) is 19.5. The number of carbonyl (C=O) groups is 1. The van der Waals surface area contributed by atoms with Crippen LogP contribution in [0.5, 0.6) is 17.2 Å². The minimum absolute atomic E-state index is 0.00327.